The van der Waals surface area contributed by atoms with Gasteiger partial charge in [0.1, 0.15) is 0 Å². The van der Waals surface area contributed by atoms with Gasteiger partial charge in [0.25, 0.3) is 0 Å². The van der Waals surface area contributed by atoms with E-state index >= 15 is 0 Å². The van der Waals surface area contributed by atoms with Crippen molar-refractivity contribution in [2.24, 2.45) is 11.8 Å². The van der Waals surface area contributed by atoms with Crippen LogP contribution in [-0.4, -0.2) is 29.8 Å². The molecule has 2 fully saturated rings. The molecule has 1 saturated carbocycles. The highest BCUT2D eigenvalue weighted by Gasteiger charge is 2.58. The second-order valence-corrected chi connectivity index (χ2v) is 6.21. The van der Waals surface area contributed by atoms with Crippen molar-refractivity contribution >= 4 is 11.8 Å². The van der Waals surface area contributed by atoms with Crippen LogP contribution in [0.2, 0.25) is 0 Å². The normalized spacial score (nSPS) is 25.2. The van der Waals surface area contributed by atoms with Crippen molar-refractivity contribution in [2.75, 3.05) is 13.1 Å². The van der Waals surface area contributed by atoms with Crippen molar-refractivity contribution in [3.8, 4) is 0 Å². The average molecular weight is 286 g/mol. The number of hydrogen-bond donors (Lipinski definition) is 1. The van der Waals surface area contributed by atoms with Crippen LogP contribution in [0, 0.1) is 25.7 Å². The third-order valence-corrected chi connectivity index (χ3v) is 4.58. The minimum Gasteiger partial charge on any atom is -0.309 e. The fraction of sp³-hybridized carbons (Fsp3) is 0.529. The van der Waals surface area contributed by atoms with E-state index in [4.69, 9.17) is 0 Å². The molecule has 1 saturated heterocycles. The summed E-state index contributed by atoms with van der Waals surface area (Å²) in [5.41, 5.74) is 3.56. The smallest absolute Gasteiger partial charge is 0.233 e. The molecule has 2 amide bonds. The zero-order valence-electron chi connectivity index (χ0n) is 12.8. The zero-order valence-corrected chi connectivity index (χ0v) is 12.8. The number of carbonyl (C=O) groups excluding carboxylic acids is 2. The molecule has 1 heterocycles. The van der Waals surface area contributed by atoms with Gasteiger partial charge in [0, 0.05) is 6.54 Å². The van der Waals surface area contributed by atoms with Crippen molar-refractivity contribution in [1.82, 2.24) is 10.2 Å². The summed E-state index contributed by atoms with van der Waals surface area (Å²) >= 11 is 0. The molecule has 0 radical (unpaired) electrons. The number of aryl methyl sites for hydroxylation is 2. The van der Waals surface area contributed by atoms with E-state index in [0.29, 0.717) is 6.54 Å². The van der Waals surface area contributed by atoms with E-state index in [0.717, 1.165) is 13.0 Å². The first-order valence-corrected chi connectivity index (χ1v) is 7.68. The van der Waals surface area contributed by atoms with Crippen LogP contribution in [0.4, 0.5) is 0 Å². The maximum Gasteiger partial charge on any atom is 0.233 e. The first-order chi connectivity index (χ1) is 10.0. The van der Waals surface area contributed by atoms with Gasteiger partial charge in [-0.15, -0.1) is 0 Å². The molecule has 3 unspecified atom stereocenters. The van der Waals surface area contributed by atoms with Gasteiger partial charge in [-0.2, -0.15) is 0 Å². The lowest BCUT2D eigenvalue weighted by molar-refractivity contribution is -0.141. The Labute approximate surface area is 125 Å². The van der Waals surface area contributed by atoms with Crippen LogP contribution in [-0.2, 0) is 9.59 Å². The molecule has 0 spiro atoms. The van der Waals surface area contributed by atoms with Gasteiger partial charge in [-0.05, 0) is 37.9 Å². The Balaban J connectivity index is 1.83. The summed E-state index contributed by atoms with van der Waals surface area (Å²) in [6, 6.07) is 6.35. The van der Waals surface area contributed by atoms with Gasteiger partial charge in [0.05, 0.1) is 17.9 Å². The van der Waals surface area contributed by atoms with Crippen LogP contribution >= 0.6 is 0 Å². The minimum atomic E-state index is -0.0154. The molecule has 1 aliphatic heterocycles. The highest BCUT2D eigenvalue weighted by atomic mass is 16.2. The Kier molecular flexibility index (Phi) is 3.57. The number of carbonyl (C=O) groups is 2. The molecule has 3 rings (SSSR count). The molecule has 4 nitrogen and oxygen atoms in total. The maximum absolute atomic E-state index is 12.2. The summed E-state index contributed by atoms with van der Waals surface area (Å²) in [6.45, 7) is 7.44. The Morgan fingerprint density at radius 2 is 1.90 bits per heavy atom. The molecule has 3 atom stereocenters. The predicted molar refractivity (Wildman–Crippen MR) is 80.7 cm³/mol. The van der Waals surface area contributed by atoms with Gasteiger partial charge in [0.15, 0.2) is 0 Å². The number of rotatable bonds is 5. The van der Waals surface area contributed by atoms with Gasteiger partial charge < -0.3 is 5.32 Å². The first-order valence-electron chi connectivity index (χ1n) is 7.68. The topological polar surface area (TPSA) is 49.4 Å². The van der Waals surface area contributed by atoms with Crippen molar-refractivity contribution in [3.05, 3.63) is 34.9 Å². The van der Waals surface area contributed by atoms with E-state index in [9.17, 15) is 9.59 Å². The molecule has 112 valence electrons. The van der Waals surface area contributed by atoms with E-state index in [1.165, 1.54) is 21.6 Å². The van der Waals surface area contributed by atoms with Crippen LogP contribution in [0.25, 0.3) is 0 Å². The summed E-state index contributed by atoms with van der Waals surface area (Å²) in [5.74, 6) is 0.0215. The molecule has 1 aliphatic carbocycles. The summed E-state index contributed by atoms with van der Waals surface area (Å²) in [5, 5.41) is 3.42. The van der Waals surface area contributed by atoms with E-state index in [1.54, 1.807) is 0 Å². The summed E-state index contributed by atoms with van der Waals surface area (Å²) in [6.07, 6.45) is 0.767. The number of benzene rings is 1. The second kappa shape index (κ2) is 5.26. The number of nitrogens with one attached hydrogen (secondary N) is 1. The van der Waals surface area contributed by atoms with Gasteiger partial charge in [-0.1, -0.05) is 30.7 Å². The third-order valence-electron chi connectivity index (χ3n) is 4.58. The number of hydrogen-bond acceptors (Lipinski definition) is 3. The number of imide groups is 1. The Morgan fingerprint density at radius 1 is 1.24 bits per heavy atom. The lowest BCUT2D eigenvalue weighted by Crippen LogP contribution is -2.40. The van der Waals surface area contributed by atoms with E-state index in [-0.39, 0.29) is 29.7 Å². The van der Waals surface area contributed by atoms with Gasteiger partial charge in [-0.25, -0.2) is 0 Å². The third kappa shape index (κ3) is 2.48. The summed E-state index contributed by atoms with van der Waals surface area (Å²) in [4.78, 5) is 25.8. The van der Waals surface area contributed by atoms with Gasteiger partial charge in [-0.3, -0.25) is 14.5 Å². The number of piperidine rings is 1. The van der Waals surface area contributed by atoms with E-state index < -0.39 is 0 Å². The second-order valence-electron chi connectivity index (χ2n) is 6.21. The molecule has 21 heavy (non-hydrogen) atoms. The average Bonchev–Trinajstić information content (AvgIpc) is 3.21. The van der Waals surface area contributed by atoms with Gasteiger partial charge in [0.2, 0.25) is 11.8 Å². The SMILES string of the molecule is CCNC(CN1C(=O)C2CC2C1=O)c1cc(C)ccc1C. The number of nitrogens with zero attached hydrogens (tertiary/aromatic N) is 1. The molecule has 1 aromatic rings. The standard InChI is InChI=1S/C17H22N2O2/c1-4-18-15(12-7-10(2)5-6-11(12)3)9-19-16(20)13-8-14(13)17(19)21/h5-7,13-15,18H,4,8-9H2,1-3H3. The summed E-state index contributed by atoms with van der Waals surface area (Å²) in [7, 11) is 0. The molecule has 1 N–H and O–H groups in total. The largest absolute Gasteiger partial charge is 0.309 e. The van der Waals surface area contributed by atoms with Crippen LogP contribution in [0.3, 0.4) is 0 Å². The fourth-order valence-electron chi connectivity index (χ4n) is 3.27. The van der Waals surface area contributed by atoms with E-state index in [2.05, 4.69) is 37.4 Å². The molecule has 1 aromatic carbocycles. The highest BCUT2D eigenvalue weighted by molar-refractivity contribution is 6.08. The molecule has 0 aromatic heterocycles. The lowest BCUT2D eigenvalue weighted by Gasteiger charge is -2.26. The Morgan fingerprint density at radius 3 is 2.52 bits per heavy atom. The molecular weight excluding hydrogens is 264 g/mol. The van der Waals surface area contributed by atoms with Crippen molar-refractivity contribution in [1.29, 1.82) is 0 Å². The van der Waals surface area contributed by atoms with Crippen LogP contribution < -0.4 is 5.32 Å². The number of likely N-dealkylation sites (N-methyl/N-ethyl adjacent to an activating group) is 1. The van der Waals surface area contributed by atoms with Crippen LogP contribution in [0.1, 0.15) is 36.1 Å². The molecule has 2 aliphatic rings. The van der Waals surface area contributed by atoms with Crippen molar-refractivity contribution < 1.29 is 9.59 Å². The minimum absolute atomic E-state index is 0.0142. The molecule has 4 heteroatoms. The first kappa shape index (κ1) is 14.3. The zero-order chi connectivity index (χ0) is 15.1. The van der Waals surface area contributed by atoms with Gasteiger partial charge >= 0.3 is 0 Å². The highest BCUT2D eigenvalue weighted by Crippen LogP contribution is 2.47. The lowest BCUT2D eigenvalue weighted by atomic mass is 9.98. The fourth-order valence-corrected chi connectivity index (χ4v) is 3.27. The number of amides is 2. The van der Waals surface area contributed by atoms with Crippen LogP contribution in [0.15, 0.2) is 18.2 Å². The maximum atomic E-state index is 12.2. The van der Waals surface area contributed by atoms with E-state index in [1.807, 2.05) is 6.92 Å². The number of likely N-dealkylation sites (tertiary alicyclic amines) is 1. The Bertz CT molecular complexity index is 576. The number of fused-ring (bicyclic) bond motifs is 1. The van der Waals surface area contributed by atoms with Crippen LogP contribution in [0.5, 0.6) is 0 Å². The quantitative estimate of drug-likeness (QED) is 0.842. The Hall–Kier alpha value is -1.68. The molecule has 0 bridgehead atoms. The van der Waals surface area contributed by atoms with Crippen molar-refractivity contribution in [2.45, 2.75) is 33.2 Å². The monoisotopic (exact) mass is 286 g/mol. The summed E-state index contributed by atoms with van der Waals surface area (Å²) < 4.78 is 0. The van der Waals surface area contributed by atoms with Crippen molar-refractivity contribution in [3.63, 3.8) is 0 Å². The molecular formula is C17H22N2O2. The predicted octanol–water partition coefficient (Wildman–Crippen LogP) is 1.96.